The van der Waals surface area contributed by atoms with Crippen molar-refractivity contribution in [1.82, 2.24) is 4.90 Å². The molecule has 4 rings (SSSR count). The Kier molecular flexibility index (Phi) is 5.89. The van der Waals surface area contributed by atoms with Gasteiger partial charge >= 0.3 is 6.18 Å². The fourth-order valence-electron chi connectivity index (χ4n) is 3.31. The molecular weight excluding hydrogens is 495 g/mol. The molecule has 1 N–H and O–H groups in total. The molecule has 0 unspecified atom stereocenters. The lowest BCUT2D eigenvalue weighted by atomic mass is 9.97. The van der Waals surface area contributed by atoms with E-state index in [-0.39, 0.29) is 16.6 Å². The third kappa shape index (κ3) is 4.11. The van der Waals surface area contributed by atoms with Crippen LogP contribution in [0.25, 0.3) is 5.70 Å². The zero-order valence-corrected chi connectivity index (χ0v) is 18.6. The molecule has 2 aliphatic heterocycles. The molecule has 2 aliphatic rings. The number of hydrogen-bond acceptors (Lipinski definition) is 6. The molecule has 0 bridgehead atoms. The highest BCUT2D eigenvalue weighted by Crippen LogP contribution is 2.47. The zero-order chi connectivity index (χ0) is 22.2. The summed E-state index contributed by atoms with van der Waals surface area (Å²) in [6.07, 6.45) is -5.75. The van der Waals surface area contributed by atoms with Gasteiger partial charge in [0, 0.05) is 9.88 Å². The molecule has 10 heteroatoms. The predicted octanol–water partition coefficient (Wildman–Crippen LogP) is 5.61. The molecule has 1 atom stereocenters. The Morgan fingerprint density at radius 1 is 1.10 bits per heavy atom. The molecule has 0 saturated heterocycles. The molecule has 2 aromatic rings. The van der Waals surface area contributed by atoms with Gasteiger partial charge in [0.15, 0.2) is 5.17 Å². The van der Waals surface area contributed by atoms with Gasteiger partial charge in [0.1, 0.15) is 5.75 Å². The summed E-state index contributed by atoms with van der Waals surface area (Å²) in [5, 5.41) is 20.7. The van der Waals surface area contributed by atoms with Crippen LogP contribution < -0.4 is 4.74 Å². The third-order valence-electron chi connectivity index (χ3n) is 4.84. The van der Waals surface area contributed by atoms with Crippen LogP contribution in [0.5, 0.6) is 5.75 Å². The van der Waals surface area contributed by atoms with Crippen LogP contribution in [0.4, 0.5) is 13.2 Å². The summed E-state index contributed by atoms with van der Waals surface area (Å²) in [6.45, 7) is 2.32. The molecule has 0 aromatic heterocycles. The monoisotopic (exact) mass is 511 g/mol. The van der Waals surface area contributed by atoms with E-state index in [0.29, 0.717) is 23.5 Å². The Bertz CT molecular complexity index is 1070. The molecular formula is C21H17BrF3N3O2S. The van der Waals surface area contributed by atoms with Gasteiger partial charge in [-0.05, 0) is 54.4 Å². The van der Waals surface area contributed by atoms with Gasteiger partial charge in [-0.1, -0.05) is 39.8 Å². The van der Waals surface area contributed by atoms with Crippen molar-refractivity contribution in [2.75, 3.05) is 6.61 Å². The second-order valence-electron chi connectivity index (χ2n) is 6.84. The summed E-state index contributed by atoms with van der Waals surface area (Å²) in [7, 11) is 0. The molecule has 162 valence electrons. The molecule has 5 nitrogen and oxygen atoms in total. The number of alkyl halides is 3. The number of amidine groups is 1. The number of thioether (sulfide) groups is 1. The Hall–Kier alpha value is -2.30. The third-order valence-corrected chi connectivity index (χ3v) is 6.19. The maximum absolute atomic E-state index is 14.3. The largest absolute Gasteiger partial charge is 0.494 e. The van der Waals surface area contributed by atoms with Crippen LogP contribution in [0.2, 0.25) is 0 Å². The highest BCUT2D eigenvalue weighted by atomic mass is 79.9. The van der Waals surface area contributed by atoms with E-state index in [9.17, 15) is 18.3 Å². The molecule has 0 fully saturated rings. The van der Waals surface area contributed by atoms with Crippen LogP contribution in [0.15, 0.2) is 68.6 Å². The van der Waals surface area contributed by atoms with E-state index in [1.54, 1.807) is 48.5 Å². The number of nitrogens with zero attached hydrogens (tertiary/aromatic N) is 3. The van der Waals surface area contributed by atoms with Gasteiger partial charge in [-0.15, -0.1) is 5.10 Å². The standard InChI is InChI=1S/C21H17BrF3N3O2S/c1-2-30-16-9-5-14(6-10-16)18-12-31-19-27-26-17(13-3-7-15(22)8-4-13)11-20(29,28(18)19)21(23,24)25/h3-10,12,29H,2,11H2,1H3/t20-/m1/s1. The molecule has 0 amide bonds. The van der Waals surface area contributed by atoms with Crippen LogP contribution in [0.3, 0.4) is 0 Å². The van der Waals surface area contributed by atoms with Gasteiger partial charge in [0.05, 0.1) is 24.4 Å². The maximum atomic E-state index is 14.3. The van der Waals surface area contributed by atoms with Crippen molar-refractivity contribution in [3.05, 3.63) is 69.5 Å². The Morgan fingerprint density at radius 3 is 2.35 bits per heavy atom. The summed E-state index contributed by atoms with van der Waals surface area (Å²) in [5.74, 6) is 0.606. The summed E-state index contributed by atoms with van der Waals surface area (Å²) in [5.41, 5.74) is -2.04. The first-order valence-electron chi connectivity index (χ1n) is 9.33. The SMILES string of the molecule is CCOc1ccc(C2=CSC3=NN=C(c4ccc(Br)cc4)C[C@@](O)(C(F)(F)F)N23)cc1. The summed E-state index contributed by atoms with van der Waals surface area (Å²) < 4.78 is 49.0. The second kappa shape index (κ2) is 8.33. The minimum atomic E-state index is -4.97. The Morgan fingerprint density at radius 2 is 1.74 bits per heavy atom. The number of aliphatic hydroxyl groups is 1. The van der Waals surface area contributed by atoms with Gasteiger partial charge < -0.3 is 9.84 Å². The number of halogens is 4. The number of fused-ring (bicyclic) bond motifs is 1. The number of rotatable bonds is 4. The fourth-order valence-corrected chi connectivity index (χ4v) is 4.47. The predicted molar refractivity (Wildman–Crippen MR) is 119 cm³/mol. The summed E-state index contributed by atoms with van der Waals surface area (Å²) in [4.78, 5) is 0.822. The lowest BCUT2D eigenvalue weighted by Gasteiger charge is -2.39. The normalized spacial score (nSPS) is 21.1. The van der Waals surface area contributed by atoms with Crippen molar-refractivity contribution in [1.29, 1.82) is 0 Å². The van der Waals surface area contributed by atoms with E-state index < -0.39 is 18.3 Å². The number of benzene rings is 2. The van der Waals surface area contributed by atoms with Crippen LogP contribution in [0.1, 0.15) is 24.5 Å². The quantitative estimate of drug-likeness (QED) is 0.579. The fraction of sp³-hybridized carbons (Fsp3) is 0.238. The van der Waals surface area contributed by atoms with Crippen molar-refractivity contribution in [3.8, 4) is 5.75 Å². The second-order valence-corrected chi connectivity index (χ2v) is 8.59. The summed E-state index contributed by atoms with van der Waals surface area (Å²) >= 11 is 4.29. The van der Waals surface area contributed by atoms with E-state index >= 15 is 0 Å². The maximum Gasteiger partial charge on any atom is 0.437 e. The van der Waals surface area contributed by atoms with Gasteiger partial charge in [-0.3, -0.25) is 4.90 Å². The minimum absolute atomic E-state index is 0.0425. The van der Waals surface area contributed by atoms with Crippen LogP contribution in [-0.2, 0) is 0 Å². The van der Waals surface area contributed by atoms with Gasteiger partial charge in [-0.2, -0.15) is 18.3 Å². The van der Waals surface area contributed by atoms with E-state index in [2.05, 4.69) is 26.1 Å². The van der Waals surface area contributed by atoms with Crippen LogP contribution >= 0.6 is 27.7 Å². The molecule has 2 heterocycles. The molecule has 0 saturated carbocycles. The van der Waals surface area contributed by atoms with E-state index in [1.165, 1.54) is 5.41 Å². The molecule has 0 radical (unpaired) electrons. The van der Waals surface area contributed by atoms with Gasteiger partial charge in [0.2, 0.25) is 5.72 Å². The molecule has 2 aromatic carbocycles. The van der Waals surface area contributed by atoms with Crippen molar-refractivity contribution in [3.63, 3.8) is 0 Å². The molecule has 0 aliphatic carbocycles. The van der Waals surface area contributed by atoms with Gasteiger partial charge in [0.25, 0.3) is 0 Å². The number of hydrogen-bond donors (Lipinski definition) is 1. The van der Waals surface area contributed by atoms with E-state index in [0.717, 1.165) is 21.1 Å². The molecule has 0 spiro atoms. The van der Waals surface area contributed by atoms with E-state index in [1.807, 2.05) is 6.92 Å². The lowest BCUT2D eigenvalue weighted by molar-refractivity contribution is -0.288. The first-order valence-corrected chi connectivity index (χ1v) is 11.0. The van der Waals surface area contributed by atoms with E-state index in [4.69, 9.17) is 4.74 Å². The number of ether oxygens (including phenoxy) is 1. The topological polar surface area (TPSA) is 57.4 Å². The van der Waals surface area contributed by atoms with Crippen molar-refractivity contribution in [2.24, 2.45) is 10.2 Å². The zero-order valence-electron chi connectivity index (χ0n) is 16.2. The average Bonchev–Trinajstić information content (AvgIpc) is 3.09. The highest BCUT2D eigenvalue weighted by molar-refractivity contribution is 9.10. The molecule has 31 heavy (non-hydrogen) atoms. The van der Waals surface area contributed by atoms with Crippen molar-refractivity contribution in [2.45, 2.75) is 25.2 Å². The highest BCUT2D eigenvalue weighted by Gasteiger charge is 2.62. The van der Waals surface area contributed by atoms with Crippen LogP contribution in [-0.4, -0.2) is 39.4 Å². The van der Waals surface area contributed by atoms with Crippen molar-refractivity contribution < 1.29 is 23.0 Å². The summed E-state index contributed by atoms with van der Waals surface area (Å²) in [6, 6.07) is 13.3. The first-order chi connectivity index (χ1) is 14.7. The van der Waals surface area contributed by atoms with Crippen molar-refractivity contribution >= 4 is 44.3 Å². The minimum Gasteiger partial charge on any atom is -0.494 e. The lowest BCUT2D eigenvalue weighted by Crippen LogP contribution is -2.59. The van der Waals surface area contributed by atoms with Crippen LogP contribution in [0, 0.1) is 0 Å². The van der Waals surface area contributed by atoms with Gasteiger partial charge in [-0.25, -0.2) is 0 Å². The Balaban J connectivity index is 1.75. The first kappa shape index (κ1) is 21.9. The Labute approximate surface area is 189 Å². The smallest absolute Gasteiger partial charge is 0.437 e. The average molecular weight is 512 g/mol.